The third-order valence-corrected chi connectivity index (χ3v) is 2.80. The number of nitrogens with zero attached hydrogens (tertiary/aromatic N) is 3. The Balaban J connectivity index is 2.79. The molecule has 3 heteroatoms. The molecule has 0 radical (unpaired) electrons. The summed E-state index contributed by atoms with van der Waals surface area (Å²) < 4.78 is 0. The number of hydrogen-bond donors (Lipinski definition) is 0. The molecule has 0 atom stereocenters. The molecule has 0 bridgehead atoms. The van der Waals surface area contributed by atoms with Crippen LogP contribution in [0.25, 0.3) is 10.9 Å². The van der Waals surface area contributed by atoms with Crippen LogP contribution in [0.15, 0.2) is 42.1 Å². The maximum atomic E-state index is 8.60. The van der Waals surface area contributed by atoms with Gasteiger partial charge in [0.05, 0.1) is 12.6 Å². The van der Waals surface area contributed by atoms with E-state index in [-0.39, 0.29) is 5.70 Å². The molecule has 0 aliphatic rings. The maximum Gasteiger partial charge on any atom is 0.261 e. The van der Waals surface area contributed by atoms with Gasteiger partial charge in [0.15, 0.2) is 0 Å². The van der Waals surface area contributed by atoms with Crippen molar-refractivity contribution in [1.29, 1.82) is 5.26 Å². The van der Waals surface area contributed by atoms with Crippen LogP contribution in [0.5, 0.6) is 0 Å². The minimum atomic E-state index is 0.0935. The molecule has 0 fully saturated rings. The van der Waals surface area contributed by atoms with Crippen LogP contribution in [0.2, 0.25) is 0 Å². The van der Waals surface area contributed by atoms with Crippen LogP contribution in [-0.4, -0.2) is 13.1 Å². The van der Waals surface area contributed by atoms with Crippen LogP contribution >= 0.6 is 0 Å². The van der Waals surface area contributed by atoms with Crippen LogP contribution in [0.1, 0.15) is 19.4 Å². The van der Waals surface area contributed by atoms with Gasteiger partial charge in [0.1, 0.15) is 0 Å². The van der Waals surface area contributed by atoms with E-state index in [1.165, 1.54) is 11.8 Å². The zero-order valence-electron chi connectivity index (χ0n) is 11.3. The lowest BCUT2D eigenvalue weighted by Gasteiger charge is -2.20. The molecule has 0 aliphatic heterocycles. The van der Waals surface area contributed by atoms with Gasteiger partial charge in [0, 0.05) is 18.8 Å². The average Bonchev–Trinajstić information content (AvgIpc) is 2.46. The summed E-state index contributed by atoms with van der Waals surface area (Å²) in [7, 11) is 0. The Morgan fingerprint density at radius 1 is 1.32 bits per heavy atom. The number of benzene rings is 1. The highest BCUT2D eigenvalue weighted by Crippen LogP contribution is 2.15. The van der Waals surface area contributed by atoms with E-state index in [1.807, 2.05) is 24.3 Å². The quantitative estimate of drug-likeness (QED) is 0.452. The topological polar surface area (TPSA) is 31.4 Å². The van der Waals surface area contributed by atoms with Gasteiger partial charge in [-0.1, -0.05) is 24.3 Å². The van der Waals surface area contributed by atoms with Crippen LogP contribution in [0, 0.1) is 17.9 Å². The van der Waals surface area contributed by atoms with Crippen molar-refractivity contribution in [2.24, 2.45) is 0 Å². The number of rotatable bonds is 5. The van der Waals surface area contributed by atoms with Crippen molar-refractivity contribution >= 4 is 11.8 Å². The first kappa shape index (κ1) is 14.5. The van der Waals surface area contributed by atoms with E-state index in [4.69, 9.17) is 11.8 Å². The standard InChI is InChI=1S/C16H17N3/c1-4-19(5-2)16-11-9-14(10-12-16)7-6-8-15(13-17)18-3/h6-12H,4-5H2,1-2H3/b7-6+,15-8-. The molecule has 0 aromatic heterocycles. The van der Waals surface area contributed by atoms with E-state index >= 15 is 0 Å². The van der Waals surface area contributed by atoms with Crippen molar-refractivity contribution in [3.8, 4) is 6.07 Å². The average molecular weight is 251 g/mol. The van der Waals surface area contributed by atoms with Crippen molar-refractivity contribution in [1.82, 2.24) is 0 Å². The van der Waals surface area contributed by atoms with E-state index in [2.05, 4.69) is 35.7 Å². The minimum absolute atomic E-state index is 0.0935. The van der Waals surface area contributed by atoms with Crippen LogP contribution < -0.4 is 4.90 Å². The summed E-state index contributed by atoms with van der Waals surface area (Å²) in [6.07, 6.45) is 5.13. The van der Waals surface area contributed by atoms with Gasteiger partial charge in [-0.2, -0.15) is 0 Å². The molecule has 0 heterocycles. The van der Waals surface area contributed by atoms with Crippen molar-refractivity contribution in [3.63, 3.8) is 0 Å². The zero-order chi connectivity index (χ0) is 14.1. The third kappa shape index (κ3) is 4.33. The highest BCUT2D eigenvalue weighted by atomic mass is 15.1. The molecular weight excluding hydrogens is 234 g/mol. The largest absolute Gasteiger partial charge is 0.372 e. The highest BCUT2D eigenvalue weighted by Gasteiger charge is 1.99. The maximum absolute atomic E-state index is 8.60. The van der Waals surface area contributed by atoms with Gasteiger partial charge in [-0.15, -0.1) is 0 Å². The van der Waals surface area contributed by atoms with E-state index < -0.39 is 0 Å². The molecule has 19 heavy (non-hydrogen) atoms. The van der Waals surface area contributed by atoms with Crippen molar-refractivity contribution in [2.75, 3.05) is 18.0 Å². The lowest BCUT2D eigenvalue weighted by molar-refractivity contribution is 0.866. The lowest BCUT2D eigenvalue weighted by Crippen LogP contribution is -2.21. The van der Waals surface area contributed by atoms with Crippen molar-refractivity contribution in [3.05, 3.63) is 59.1 Å². The summed E-state index contributed by atoms with van der Waals surface area (Å²) in [5, 5.41) is 8.60. The molecule has 1 rings (SSSR count). The molecule has 0 amide bonds. The Bertz CT molecular complexity index is 519. The van der Waals surface area contributed by atoms with Gasteiger partial charge in [-0.3, -0.25) is 0 Å². The molecule has 1 aromatic carbocycles. The first-order valence-corrected chi connectivity index (χ1v) is 6.26. The Kier molecular flexibility index (Phi) is 5.92. The molecule has 0 spiro atoms. The van der Waals surface area contributed by atoms with Gasteiger partial charge in [-0.05, 0) is 37.6 Å². The number of nitriles is 1. The summed E-state index contributed by atoms with van der Waals surface area (Å²) in [5.74, 6) is 0. The summed E-state index contributed by atoms with van der Waals surface area (Å²) in [5.41, 5.74) is 2.35. The first-order valence-electron chi connectivity index (χ1n) is 6.26. The third-order valence-electron chi connectivity index (χ3n) is 2.80. The number of anilines is 1. The normalized spacial score (nSPS) is 11.1. The number of allylic oxidation sites excluding steroid dienone is 3. The predicted octanol–water partition coefficient (Wildman–Crippen LogP) is 3.87. The Morgan fingerprint density at radius 2 is 1.95 bits per heavy atom. The molecule has 0 saturated heterocycles. The van der Waals surface area contributed by atoms with Crippen LogP contribution in [-0.2, 0) is 0 Å². The highest BCUT2D eigenvalue weighted by molar-refractivity contribution is 5.57. The first-order chi connectivity index (χ1) is 9.24. The van der Waals surface area contributed by atoms with Gasteiger partial charge in [0.25, 0.3) is 5.70 Å². The monoisotopic (exact) mass is 251 g/mol. The molecule has 3 nitrogen and oxygen atoms in total. The van der Waals surface area contributed by atoms with Gasteiger partial charge in [-0.25, -0.2) is 10.1 Å². The molecule has 96 valence electrons. The van der Waals surface area contributed by atoms with E-state index in [0.717, 1.165) is 18.7 Å². The molecule has 0 N–H and O–H groups in total. The SMILES string of the molecule is [C-]#[N+]/C(C#N)=C\C=C\c1ccc(N(CC)CC)cc1. The summed E-state index contributed by atoms with van der Waals surface area (Å²) in [6, 6.07) is 10.0. The zero-order valence-corrected chi connectivity index (χ0v) is 11.3. The molecule has 1 aromatic rings. The second-order valence-electron chi connectivity index (χ2n) is 3.90. The molecule has 0 unspecified atom stereocenters. The van der Waals surface area contributed by atoms with Gasteiger partial charge in [0.2, 0.25) is 0 Å². The minimum Gasteiger partial charge on any atom is -0.372 e. The predicted molar refractivity (Wildman–Crippen MR) is 79.3 cm³/mol. The Morgan fingerprint density at radius 3 is 2.42 bits per heavy atom. The summed E-state index contributed by atoms with van der Waals surface area (Å²) >= 11 is 0. The van der Waals surface area contributed by atoms with E-state index in [9.17, 15) is 0 Å². The summed E-state index contributed by atoms with van der Waals surface area (Å²) in [6.45, 7) is 13.0. The molecule has 0 aliphatic carbocycles. The molecular formula is C16H17N3. The lowest BCUT2D eigenvalue weighted by atomic mass is 10.1. The van der Waals surface area contributed by atoms with Crippen molar-refractivity contribution in [2.45, 2.75) is 13.8 Å². The van der Waals surface area contributed by atoms with E-state index in [0.29, 0.717) is 0 Å². The van der Waals surface area contributed by atoms with E-state index in [1.54, 1.807) is 6.08 Å². The Hall–Kier alpha value is -2.52. The van der Waals surface area contributed by atoms with Gasteiger partial charge < -0.3 is 4.90 Å². The van der Waals surface area contributed by atoms with Gasteiger partial charge >= 0.3 is 0 Å². The second kappa shape index (κ2) is 7.74. The second-order valence-corrected chi connectivity index (χ2v) is 3.90. The molecule has 0 saturated carbocycles. The number of hydrogen-bond acceptors (Lipinski definition) is 2. The Labute approximate surface area is 114 Å². The smallest absolute Gasteiger partial charge is 0.261 e. The fourth-order valence-corrected chi connectivity index (χ4v) is 1.73. The fraction of sp³-hybridized carbons (Fsp3) is 0.250. The van der Waals surface area contributed by atoms with Crippen LogP contribution in [0.4, 0.5) is 5.69 Å². The summed E-state index contributed by atoms with van der Waals surface area (Å²) in [4.78, 5) is 5.37. The van der Waals surface area contributed by atoms with Crippen LogP contribution in [0.3, 0.4) is 0 Å². The fourth-order valence-electron chi connectivity index (χ4n) is 1.73. The van der Waals surface area contributed by atoms with Crippen molar-refractivity contribution < 1.29 is 0 Å².